The second kappa shape index (κ2) is 4.32. The van der Waals surface area contributed by atoms with Gasteiger partial charge in [0.15, 0.2) is 0 Å². The Morgan fingerprint density at radius 1 is 0.850 bits per heavy atom. The van der Waals surface area contributed by atoms with Crippen molar-refractivity contribution in [3.05, 3.63) is 60.7 Å². The fourth-order valence-corrected chi connectivity index (χ4v) is 3.46. The van der Waals surface area contributed by atoms with E-state index in [1.807, 2.05) is 60.7 Å². The van der Waals surface area contributed by atoms with Gasteiger partial charge in [0.1, 0.15) is 5.75 Å². The number of hydrogen-bond donors (Lipinski definition) is 1. The molecule has 3 heteroatoms. The van der Waals surface area contributed by atoms with Gasteiger partial charge in [-0.25, -0.2) is 4.98 Å². The molecule has 0 amide bonds. The van der Waals surface area contributed by atoms with E-state index in [1.54, 1.807) is 11.3 Å². The first kappa shape index (κ1) is 11.4. The number of nitrogens with zero attached hydrogens (tertiary/aromatic N) is 1. The van der Waals surface area contributed by atoms with E-state index in [4.69, 9.17) is 0 Å². The van der Waals surface area contributed by atoms with Crippen molar-refractivity contribution in [2.24, 2.45) is 0 Å². The number of fused-ring (bicyclic) bond motifs is 2. The second-order valence-corrected chi connectivity index (χ2v) is 5.72. The Kier molecular flexibility index (Phi) is 2.47. The van der Waals surface area contributed by atoms with Crippen molar-refractivity contribution in [3.63, 3.8) is 0 Å². The van der Waals surface area contributed by atoms with Crippen LogP contribution in [0, 0.1) is 0 Å². The lowest BCUT2D eigenvalue weighted by Gasteiger charge is -2.01. The third-order valence-electron chi connectivity index (χ3n) is 3.40. The molecule has 2 nitrogen and oxygen atoms in total. The van der Waals surface area contributed by atoms with Crippen LogP contribution in [0.3, 0.4) is 0 Å². The highest BCUT2D eigenvalue weighted by Crippen LogP contribution is 2.42. The molecule has 96 valence electrons. The largest absolute Gasteiger partial charge is 0.506 e. The van der Waals surface area contributed by atoms with Crippen LogP contribution < -0.4 is 0 Å². The van der Waals surface area contributed by atoms with E-state index < -0.39 is 0 Å². The molecular weight excluding hydrogens is 266 g/mol. The van der Waals surface area contributed by atoms with Gasteiger partial charge in [-0.3, -0.25) is 0 Å². The highest BCUT2D eigenvalue weighted by Gasteiger charge is 2.13. The van der Waals surface area contributed by atoms with Crippen molar-refractivity contribution < 1.29 is 5.11 Å². The molecule has 4 aromatic rings. The first-order valence-corrected chi connectivity index (χ1v) is 7.21. The lowest BCUT2D eigenvalue weighted by molar-refractivity contribution is 0.485. The Balaban J connectivity index is 1.98. The van der Waals surface area contributed by atoms with Crippen LogP contribution in [0.2, 0.25) is 0 Å². The van der Waals surface area contributed by atoms with Crippen LogP contribution in [0.1, 0.15) is 0 Å². The van der Waals surface area contributed by atoms with Crippen LogP contribution in [0.25, 0.3) is 31.6 Å². The van der Waals surface area contributed by atoms with E-state index in [9.17, 15) is 5.11 Å². The molecule has 0 atom stereocenters. The molecule has 2 heterocycles. The fraction of sp³-hybridized carbons (Fsp3) is 0. The molecule has 0 aliphatic rings. The van der Waals surface area contributed by atoms with Crippen molar-refractivity contribution in [2.45, 2.75) is 0 Å². The minimum atomic E-state index is 0.327. The summed E-state index contributed by atoms with van der Waals surface area (Å²) in [6, 6.07) is 19.9. The molecule has 0 spiro atoms. The van der Waals surface area contributed by atoms with E-state index in [0.717, 1.165) is 31.6 Å². The number of hydrogen-bond acceptors (Lipinski definition) is 3. The molecule has 0 aliphatic carbocycles. The van der Waals surface area contributed by atoms with Gasteiger partial charge in [-0.05, 0) is 24.3 Å². The molecule has 0 saturated heterocycles. The maximum absolute atomic E-state index is 10.4. The average molecular weight is 277 g/mol. The molecule has 0 aliphatic heterocycles. The summed E-state index contributed by atoms with van der Waals surface area (Å²) in [6.45, 7) is 0. The van der Waals surface area contributed by atoms with E-state index >= 15 is 0 Å². The van der Waals surface area contributed by atoms with Gasteiger partial charge in [-0.1, -0.05) is 36.4 Å². The third kappa shape index (κ3) is 1.67. The number of para-hydroxylation sites is 1. The minimum absolute atomic E-state index is 0.327. The Labute approximate surface area is 120 Å². The highest BCUT2D eigenvalue weighted by molar-refractivity contribution is 7.22. The number of aromatic nitrogens is 1. The summed E-state index contributed by atoms with van der Waals surface area (Å²) in [5.74, 6) is 0.327. The molecular formula is C17H11NOS. The number of pyridine rings is 1. The summed E-state index contributed by atoms with van der Waals surface area (Å²) in [7, 11) is 0. The molecule has 4 rings (SSSR count). The number of benzene rings is 2. The normalized spacial score (nSPS) is 11.2. The van der Waals surface area contributed by atoms with Gasteiger partial charge in [0.25, 0.3) is 0 Å². The van der Waals surface area contributed by atoms with Crippen LogP contribution in [0.15, 0.2) is 60.7 Å². The van der Waals surface area contributed by atoms with Gasteiger partial charge in [-0.2, -0.15) is 0 Å². The summed E-state index contributed by atoms with van der Waals surface area (Å²) in [5.41, 5.74) is 1.77. The summed E-state index contributed by atoms with van der Waals surface area (Å²) < 4.78 is 1.08. The molecule has 1 N–H and O–H groups in total. The van der Waals surface area contributed by atoms with Crippen LogP contribution in [0.5, 0.6) is 5.75 Å². The van der Waals surface area contributed by atoms with E-state index in [2.05, 4.69) is 4.98 Å². The highest BCUT2D eigenvalue weighted by atomic mass is 32.1. The first-order valence-electron chi connectivity index (χ1n) is 6.39. The zero-order chi connectivity index (χ0) is 13.5. The number of thiophene rings is 1. The van der Waals surface area contributed by atoms with Crippen molar-refractivity contribution in [1.82, 2.24) is 4.98 Å². The first-order chi connectivity index (χ1) is 9.83. The smallest absolute Gasteiger partial charge is 0.143 e. The number of aromatic hydroxyl groups is 1. The molecule has 0 saturated carbocycles. The fourth-order valence-electron chi connectivity index (χ4n) is 2.40. The maximum atomic E-state index is 10.4. The Hall–Kier alpha value is -2.39. The van der Waals surface area contributed by atoms with E-state index in [0.29, 0.717) is 5.75 Å². The average Bonchev–Trinajstić information content (AvgIpc) is 2.84. The van der Waals surface area contributed by atoms with Crippen LogP contribution in [-0.2, 0) is 0 Å². The summed E-state index contributed by atoms with van der Waals surface area (Å²) in [6.07, 6.45) is 0. The maximum Gasteiger partial charge on any atom is 0.143 e. The monoisotopic (exact) mass is 277 g/mol. The predicted octanol–water partition coefficient (Wildman–Crippen LogP) is 4.82. The van der Waals surface area contributed by atoms with E-state index in [-0.39, 0.29) is 0 Å². The van der Waals surface area contributed by atoms with Crippen molar-refractivity contribution in [2.75, 3.05) is 0 Å². The van der Waals surface area contributed by atoms with Gasteiger partial charge in [0.05, 0.1) is 16.1 Å². The summed E-state index contributed by atoms with van der Waals surface area (Å²) in [4.78, 5) is 5.48. The topological polar surface area (TPSA) is 33.1 Å². The lowest BCUT2D eigenvalue weighted by Crippen LogP contribution is -1.82. The third-order valence-corrected chi connectivity index (χ3v) is 4.58. The summed E-state index contributed by atoms with van der Waals surface area (Å²) >= 11 is 1.57. The molecule has 0 unspecified atom stereocenters. The van der Waals surface area contributed by atoms with Crippen LogP contribution in [-0.4, -0.2) is 10.1 Å². The minimum Gasteiger partial charge on any atom is -0.506 e. The van der Waals surface area contributed by atoms with Crippen molar-refractivity contribution in [3.8, 4) is 16.3 Å². The van der Waals surface area contributed by atoms with Gasteiger partial charge in [0.2, 0.25) is 0 Å². The SMILES string of the molecule is Oc1c(-c2ccc3ccccc3n2)sc2ccccc12. The molecule has 0 bridgehead atoms. The zero-order valence-electron chi connectivity index (χ0n) is 10.6. The van der Waals surface area contributed by atoms with Gasteiger partial charge < -0.3 is 5.11 Å². The van der Waals surface area contributed by atoms with Gasteiger partial charge in [-0.15, -0.1) is 11.3 Å². The molecule has 2 aromatic heterocycles. The van der Waals surface area contributed by atoms with Crippen molar-refractivity contribution in [1.29, 1.82) is 0 Å². The Morgan fingerprint density at radius 2 is 1.65 bits per heavy atom. The zero-order valence-corrected chi connectivity index (χ0v) is 11.4. The van der Waals surface area contributed by atoms with Crippen LogP contribution >= 0.6 is 11.3 Å². The Morgan fingerprint density at radius 3 is 2.55 bits per heavy atom. The standard InChI is InChI=1S/C17H11NOS/c19-16-12-6-2-4-8-15(12)20-17(16)14-10-9-11-5-1-3-7-13(11)18-14/h1-10,19H. The van der Waals surface area contributed by atoms with Gasteiger partial charge in [0, 0.05) is 15.5 Å². The Bertz CT molecular complexity index is 926. The quantitative estimate of drug-likeness (QED) is 0.541. The van der Waals surface area contributed by atoms with E-state index in [1.165, 1.54) is 0 Å². The molecule has 20 heavy (non-hydrogen) atoms. The van der Waals surface area contributed by atoms with Crippen LogP contribution in [0.4, 0.5) is 0 Å². The van der Waals surface area contributed by atoms with Gasteiger partial charge >= 0.3 is 0 Å². The predicted molar refractivity (Wildman–Crippen MR) is 84.2 cm³/mol. The molecule has 0 fully saturated rings. The molecule has 0 radical (unpaired) electrons. The number of rotatable bonds is 1. The molecule has 2 aromatic carbocycles. The lowest BCUT2D eigenvalue weighted by atomic mass is 10.1. The van der Waals surface area contributed by atoms with Crippen molar-refractivity contribution >= 4 is 32.3 Å². The summed E-state index contributed by atoms with van der Waals surface area (Å²) in [5, 5.41) is 12.4. The second-order valence-electron chi connectivity index (χ2n) is 4.67.